The summed E-state index contributed by atoms with van der Waals surface area (Å²) in [5.74, 6) is 0.478. The van der Waals surface area contributed by atoms with Gasteiger partial charge < -0.3 is 5.32 Å². The summed E-state index contributed by atoms with van der Waals surface area (Å²) < 4.78 is 39.4. The molecular formula is C13H9Br2F3N2. The van der Waals surface area contributed by atoms with E-state index < -0.39 is 11.7 Å². The number of nitrogens with zero attached hydrogens (tertiary/aromatic N) is 1. The molecule has 2 nitrogen and oxygen atoms in total. The van der Waals surface area contributed by atoms with Crippen molar-refractivity contribution >= 4 is 43.4 Å². The number of pyridine rings is 1. The van der Waals surface area contributed by atoms with Crippen LogP contribution in [-0.4, -0.2) is 4.98 Å². The first-order valence-corrected chi connectivity index (χ1v) is 7.13. The van der Waals surface area contributed by atoms with Crippen molar-refractivity contribution in [2.45, 2.75) is 13.1 Å². The number of hydrogen-bond acceptors (Lipinski definition) is 2. The monoisotopic (exact) mass is 408 g/mol. The first-order chi connectivity index (χ1) is 9.27. The van der Waals surface area contributed by atoms with Gasteiger partial charge in [0.05, 0.1) is 16.9 Å². The van der Waals surface area contributed by atoms with E-state index in [2.05, 4.69) is 42.2 Å². The zero-order chi connectivity index (χ0) is 14.9. The van der Waals surface area contributed by atoms with Crippen molar-refractivity contribution in [3.63, 3.8) is 0 Å². The summed E-state index contributed by atoms with van der Waals surface area (Å²) in [5, 5.41) is 2.87. The van der Waals surface area contributed by atoms with E-state index in [-0.39, 0.29) is 0 Å². The summed E-state index contributed by atoms with van der Waals surface area (Å²) >= 11 is 6.54. The fraction of sp³-hybridized carbons (Fsp3) is 0.154. The molecule has 0 aliphatic rings. The smallest absolute Gasteiger partial charge is 0.339 e. The Labute approximate surface area is 130 Å². The van der Waals surface area contributed by atoms with Gasteiger partial charge in [0.1, 0.15) is 5.82 Å². The van der Waals surface area contributed by atoms with Gasteiger partial charge in [-0.25, -0.2) is 4.98 Å². The van der Waals surface area contributed by atoms with Gasteiger partial charge in [-0.3, -0.25) is 0 Å². The number of hydrogen-bond donors (Lipinski definition) is 1. The number of alkyl halides is 3. The van der Waals surface area contributed by atoms with E-state index in [1.807, 2.05) is 0 Å². The zero-order valence-electron chi connectivity index (χ0n) is 10.2. The Hall–Kier alpha value is -1.08. The van der Waals surface area contributed by atoms with Crippen molar-refractivity contribution in [3.05, 3.63) is 50.5 Å². The molecule has 1 N–H and O–H groups in total. The lowest BCUT2D eigenvalue weighted by Crippen LogP contribution is -2.06. The molecular weight excluding hydrogens is 401 g/mol. The molecule has 0 radical (unpaired) electrons. The van der Waals surface area contributed by atoms with Gasteiger partial charge in [0, 0.05) is 8.95 Å². The molecule has 1 aromatic heterocycles. The standard InChI is InChI=1S/C13H9Br2F3N2/c1-7-9(14)4-5-12(19-7)20-11-6-8(13(16,17)18)2-3-10(11)15/h2-6H,1H3,(H,19,20). The van der Waals surface area contributed by atoms with Gasteiger partial charge in [-0.05, 0) is 69.1 Å². The predicted molar refractivity (Wildman–Crippen MR) is 79.1 cm³/mol. The fourth-order valence-electron chi connectivity index (χ4n) is 1.55. The van der Waals surface area contributed by atoms with Crippen LogP contribution in [0.15, 0.2) is 39.3 Å². The minimum absolute atomic E-state index is 0.314. The lowest BCUT2D eigenvalue weighted by atomic mass is 10.2. The molecule has 0 aliphatic carbocycles. The van der Waals surface area contributed by atoms with Gasteiger partial charge in [-0.15, -0.1) is 0 Å². The Morgan fingerprint density at radius 2 is 1.70 bits per heavy atom. The van der Waals surface area contributed by atoms with Crippen LogP contribution in [0.2, 0.25) is 0 Å². The second-order valence-corrected chi connectivity index (χ2v) is 5.79. The molecule has 0 spiro atoms. The number of halogens is 5. The van der Waals surface area contributed by atoms with Crippen molar-refractivity contribution in [2.75, 3.05) is 5.32 Å². The van der Waals surface area contributed by atoms with Gasteiger partial charge in [0.2, 0.25) is 0 Å². The average molecular weight is 410 g/mol. The van der Waals surface area contributed by atoms with Crippen molar-refractivity contribution in [2.24, 2.45) is 0 Å². The summed E-state index contributed by atoms with van der Waals surface area (Å²) in [6.07, 6.45) is -4.37. The Kier molecular flexibility index (Phi) is 4.39. The van der Waals surface area contributed by atoms with Crippen LogP contribution in [-0.2, 0) is 6.18 Å². The summed E-state index contributed by atoms with van der Waals surface area (Å²) in [6.45, 7) is 1.80. The fourth-order valence-corrected chi connectivity index (χ4v) is 2.12. The summed E-state index contributed by atoms with van der Waals surface area (Å²) in [7, 11) is 0. The van der Waals surface area contributed by atoms with E-state index in [1.165, 1.54) is 6.07 Å². The molecule has 106 valence electrons. The molecule has 0 fully saturated rings. The lowest BCUT2D eigenvalue weighted by molar-refractivity contribution is -0.137. The highest BCUT2D eigenvalue weighted by Crippen LogP contribution is 2.35. The third-order valence-corrected chi connectivity index (χ3v) is 4.11. The van der Waals surface area contributed by atoms with Crippen molar-refractivity contribution in [1.82, 2.24) is 4.98 Å². The molecule has 1 aromatic carbocycles. The Morgan fingerprint density at radius 3 is 2.30 bits per heavy atom. The normalized spacial score (nSPS) is 11.5. The molecule has 0 amide bonds. The first-order valence-electron chi connectivity index (χ1n) is 5.54. The van der Waals surface area contributed by atoms with Crippen LogP contribution in [0.3, 0.4) is 0 Å². The lowest BCUT2D eigenvalue weighted by Gasteiger charge is -2.12. The quantitative estimate of drug-likeness (QED) is 0.690. The topological polar surface area (TPSA) is 24.9 Å². The van der Waals surface area contributed by atoms with Crippen LogP contribution < -0.4 is 5.32 Å². The number of rotatable bonds is 2. The molecule has 2 aromatic rings. The maximum absolute atomic E-state index is 12.7. The molecule has 0 unspecified atom stereocenters. The summed E-state index contributed by atoms with van der Waals surface area (Å²) in [4.78, 5) is 4.24. The van der Waals surface area contributed by atoms with E-state index in [0.29, 0.717) is 16.0 Å². The van der Waals surface area contributed by atoms with Crippen LogP contribution in [0.1, 0.15) is 11.3 Å². The largest absolute Gasteiger partial charge is 0.416 e. The maximum atomic E-state index is 12.7. The number of aromatic nitrogens is 1. The van der Waals surface area contributed by atoms with E-state index in [1.54, 1.807) is 19.1 Å². The van der Waals surface area contributed by atoms with E-state index >= 15 is 0 Å². The average Bonchev–Trinajstić information content (AvgIpc) is 2.35. The van der Waals surface area contributed by atoms with Crippen molar-refractivity contribution in [1.29, 1.82) is 0 Å². The minimum Gasteiger partial charge on any atom is -0.339 e. The number of aryl methyl sites for hydroxylation is 1. The van der Waals surface area contributed by atoms with Gasteiger partial charge in [0.15, 0.2) is 0 Å². The second kappa shape index (κ2) is 5.73. The Balaban J connectivity index is 2.35. The zero-order valence-corrected chi connectivity index (χ0v) is 13.4. The van der Waals surface area contributed by atoms with Crippen molar-refractivity contribution < 1.29 is 13.2 Å². The van der Waals surface area contributed by atoms with Crippen LogP contribution >= 0.6 is 31.9 Å². The predicted octanol–water partition coefficient (Wildman–Crippen LogP) is 5.68. The van der Waals surface area contributed by atoms with Crippen LogP contribution in [0.5, 0.6) is 0 Å². The van der Waals surface area contributed by atoms with Gasteiger partial charge in [-0.1, -0.05) is 0 Å². The van der Waals surface area contributed by atoms with E-state index in [0.717, 1.165) is 22.3 Å². The highest BCUT2D eigenvalue weighted by molar-refractivity contribution is 9.10. The SMILES string of the molecule is Cc1nc(Nc2cc(C(F)(F)F)ccc2Br)ccc1Br. The minimum atomic E-state index is -4.37. The molecule has 0 saturated heterocycles. The molecule has 0 atom stereocenters. The van der Waals surface area contributed by atoms with Crippen LogP contribution in [0, 0.1) is 6.92 Å². The molecule has 0 aliphatic heterocycles. The van der Waals surface area contributed by atoms with Crippen LogP contribution in [0.25, 0.3) is 0 Å². The third kappa shape index (κ3) is 3.52. The highest BCUT2D eigenvalue weighted by atomic mass is 79.9. The van der Waals surface area contributed by atoms with E-state index in [4.69, 9.17) is 0 Å². The number of anilines is 2. The highest BCUT2D eigenvalue weighted by Gasteiger charge is 2.30. The first kappa shape index (κ1) is 15.3. The van der Waals surface area contributed by atoms with Gasteiger partial charge in [-0.2, -0.15) is 13.2 Å². The maximum Gasteiger partial charge on any atom is 0.416 e. The third-order valence-electron chi connectivity index (χ3n) is 2.58. The molecule has 7 heteroatoms. The molecule has 0 bridgehead atoms. The number of benzene rings is 1. The molecule has 2 rings (SSSR count). The molecule has 1 heterocycles. The van der Waals surface area contributed by atoms with Crippen LogP contribution in [0.4, 0.5) is 24.7 Å². The summed E-state index contributed by atoms with van der Waals surface area (Å²) in [5.41, 5.74) is 0.351. The van der Waals surface area contributed by atoms with Crippen molar-refractivity contribution in [3.8, 4) is 0 Å². The second-order valence-electron chi connectivity index (χ2n) is 4.08. The van der Waals surface area contributed by atoms with E-state index in [9.17, 15) is 13.2 Å². The van der Waals surface area contributed by atoms with Gasteiger partial charge in [0.25, 0.3) is 0 Å². The Bertz CT molecular complexity index is 642. The Morgan fingerprint density at radius 1 is 1.05 bits per heavy atom. The molecule has 20 heavy (non-hydrogen) atoms. The summed E-state index contributed by atoms with van der Waals surface area (Å²) in [6, 6.07) is 6.89. The number of nitrogens with one attached hydrogen (secondary N) is 1. The molecule has 0 saturated carbocycles. The van der Waals surface area contributed by atoms with Gasteiger partial charge >= 0.3 is 6.18 Å².